The highest BCUT2D eigenvalue weighted by Gasteiger charge is 2.34. The number of carbonyl (C=O) groups is 1. The summed E-state index contributed by atoms with van der Waals surface area (Å²) in [7, 11) is -3.61. The first-order chi connectivity index (χ1) is 15.4. The van der Waals surface area contributed by atoms with E-state index in [1.807, 2.05) is 48.5 Å². The molecule has 0 N–H and O–H groups in total. The molecule has 2 heterocycles. The zero-order chi connectivity index (χ0) is 22.6. The van der Waals surface area contributed by atoms with Crippen LogP contribution in [-0.2, 0) is 21.4 Å². The summed E-state index contributed by atoms with van der Waals surface area (Å²) < 4.78 is 27.3. The minimum atomic E-state index is -3.61. The maximum Gasteiger partial charge on any atom is 0.243 e. The summed E-state index contributed by atoms with van der Waals surface area (Å²) >= 11 is 5.88. The quantitative estimate of drug-likeness (QED) is 0.537. The van der Waals surface area contributed by atoms with Gasteiger partial charge in [0.2, 0.25) is 15.9 Å². The van der Waals surface area contributed by atoms with Crippen molar-refractivity contribution in [3.8, 4) is 0 Å². The van der Waals surface area contributed by atoms with Crippen LogP contribution in [0.3, 0.4) is 0 Å². The van der Waals surface area contributed by atoms with E-state index in [0.717, 1.165) is 5.56 Å². The van der Waals surface area contributed by atoms with E-state index < -0.39 is 10.0 Å². The van der Waals surface area contributed by atoms with Crippen molar-refractivity contribution in [2.24, 2.45) is 5.92 Å². The topological polar surface area (TPSA) is 70.6 Å². The lowest BCUT2D eigenvalue weighted by molar-refractivity contribution is -0.123. The molecule has 1 saturated heterocycles. The fourth-order valence-corrected chi connectivity index (χ4v) is 5.47. The Kier molecular flexibility index (Phi) is 6.89. The molecule has 166 valence electrons. The van der Waals surface area contributed by atoms with E-state index >= 15 is 0 Å². The molecule has 0 radical (unpaired) electrons. The second kappa shape index (κ2) is 9.81. The Morgan fingerprint density at radius 3 is 2.25 bits per heavy atom. The van der Waals surface area contributed by atoms with Gasteiger partial charge in [-0.15, -0.1) is 0 Å². The number of aromatic nitrogens is 1. The van der Waals surface area contributed by atoms with E-state index in [4.69, 9.17) is 11.6 Å². The van der Waals surface area contributed by atoms with Crippen LogP contribution in [0.4, 0.5) is 5.82 Å². The molecule has 0 bridgehead atoms. The highest BCUT2D eigenvalue weighted by Crippen LogP contribution is 2.27. The van der Waals surface area contributed by atoms with Crippen molar-refractivity contribution in [1.82, 2.24) is 9.29 Å². The van der Waals surface area contributed by atoms with Gasteiger partial charge in [-0.2, -0.15) is 4.31 Å². The van der Waals surface area contributed by atoms with Crippen molar-refractivity contribution in [1.29, 1.82) is 0 Å². The molecule has 0 unspecified atom stereocenters. The average molecular weight is 470 g/mol. The number of carbonyl (C=O) groups excluding carboxylic acids is 1. The largest absolute Gasteiger partial charge is 0.292 e. The fourth-order valence-electron chi connectivity index (χ4n) is 3.87. The predicted molar refractivity (Wildman–Crippen MR) is 125 cm³/mol. The van der Waals surface area contributed by atoms with E-state index in [0.29, 0.717) is 43.3 Å². The first-order valence-electron chi connectivity index (χ1n) is 10.5. The van der Waals surface area contributed by atoms with Gasteiger partial charge in [0.15, 0.2) is 0 Å². The average Bonchev–Trinajstić information content (AvgIpc) is 2.84. The van der Waals surface area contributed by atoms with Crippen molar-refractivity contribution in [2.75, 3.05) is 18.0 Å². The predicted octanol–water partition coefficient (Wildman–Crippen LogP) is 4.37. The number of anilines is 1. The molecule has 32 heavy (non-hydrogen) atoms. The Morgan fingerprint density at radius 2 is 1.62 bits per heavy atom. The summed E-state index contributed by atoms with van der Waals surface area (Å²) in [6.45, 7) is 1.01. The highest BCUT2D eigenvalue weighted by atomic mass is 35.5. The Bertz CT molecular complexity index is 1150. The number of piperidine rings is 1. The summed E-state index contributed by atoms with van der Waals surface area (Å²) in [5.74, 6) is 0.297. The van der Waals surface area contributed by atoms with Crippen LogP contribution in [0.15, 0.2) is 83.9 Å². The van der Waals surface area contributed by atoms with Crippen molar-refractivity contribution in [3.05, 3.63) is 89.6 Å². The first kappa shape index (κ1) is 22.5. The highest BCUT2D eigenvalue weighted by molar-refractivity contribution is 7.89. The first-order valence-corrected chi connectivity index (χ1v) is 12.3. The Morgan fingerprint density at radius 1 is 0.969 bits per heavy atom. The van der Waals surface area contributed by atoms with E-state index in [2.05, 4.69) is 4.98 Å². The van der Waals surface area contributed by atoms with Crippen LogP contribution in [0.2, 0.25) is 5.02 Å². The lowest BCUT2D eigenvalue weighted by atomic mass is 9.96. The van der Waals surface area contributed by atoms with Crippen molar-refractivity contribution in [3.63, 3.8) is 0 Å². The van der Waals surface area contributed by atoms with Gasteiger partial charge in [-0.3, -0.25) is 9.69 Å². The third-order valence-electron chi connectivity index (χ3n) is 5.63. The van der Waals surface area contributed by atoms with Gasteiger partial charge in [0, 0.05) is 30.2 Å². The maximum atomic E-state index is 13.5. The molecular weight excluding hydrogens is 446 g/mol. The summed E-state index contributed by atoms with van der Waals surface area (Å²) in [4.78, 5) is 19.8. The molecule has 1 amide bonds. The van der Waals surface area contributed by atoms with E-state index in [9.17, 15) is 13.2 Å². The number of amides is 1. The van der Waals surface area contributed by atoms with Gasteiger partial charge < -0.3 is 0 Å². The van der Waals surface area contributed by atoms with Gasteiger partial charge in [0.05, 0.1) is 11.4 Å². The second-order valence-electron chi connectivity index (χ2n) is 7.73. The smallest absolute Gasteiger partial charge is 0.243 e. The molecule has 2 aromatic carbocycles. The number of sulfonamides is 1. The molecule has 3 aromatic rings. The fraction of sp³-hybridized carbons (Fsp3) is 0.250. The van der Waals surface area contributed by atoms with Crippen LogP contribution in [0.25, 0.3) is 0 Å². The minimum absolute atomic E-state index is 0.0314. The summed E-state index contributed by atoms with van der Waals surface area (Å²) in [6.07, 6.45) is 2.59. The van der Waals surface area contributed by atoms with Gasteiger partial charge in [0.25, 0.3) is 0 Å². The number of pyridine rings is 1. The zero-order valence-corrected chi connectivity index (χ0v) is 19.0. The van der Waals surface area contributed by atoms with Crippen molar-refractivity contribution < 1.29 is 13.2 Å². The van der Waals surface area contributed by atoms with Crippen LogP contribution >= 0.6 is 11.6 Å². The normalized spacial score (nSPS) is 15.4. The molecule has 6 nitrogen and oxygen atoms in total. The lowest BCUT2D eigenvalue weighted by Gasteiger charge is -2.33. The number of hydrogen-bond acceptors (Lipinski definition) is 4. The summed E-state index contributed by atoms with van der Waals surface area (Å²) in [6, 6.07) is 21.4. The minimum Gasteiger partial charge on any atom is -0.292 e. The van der Waals surface area contributed by atoms with Crippen LogP contribution in [0.1, 0.15) is 18.4 Å². The molecule has 1 aliphatic rings. The van der Waals surface area contributed by atoms with Crippen LogP contribution in [-0.4, -0.2) is 36.7 Å². The summed E-state index contributed by atoms with van der Waals surface area (Å²) in [5.41, 5.74) is 1.01. The van der Waals surface area contributed by atoms with Crippen LogP contribution in [0.5, 0.6) is 0 Å². The van der Waals surface area contributed by atoms with Crippen LogP contribution in [0, 0.1) is 5.92 Å². The van der Waals surface area contributed by atoms with Crippen LogP contribution < -0.4 is 4.90 Å². The Labute approximate surface area is 193 Å². The maximum absolute atomic E-state index is 13.5. The number of rotatable bonds is 6. The molecule has 0 spiro atoms. The van der Waals surface area contributed by atoms with Gasteiger partial charge in [-0.1, -0.05) is 48.0 Å². The van der Waals surface area contributed by atoms with E-state index in [1.54, 1.807) is 23.2 Å². The monoisotopic (exact) mass is 469 g/mol. The Balaban J connectivity index is 1.48. The third-order valence-corrected chi connectivity index (χ3v) is 7.79. The molecule has 0 atom stereocenters. The molecule has 1 fully saturated rings. The lowest BCUT2D eigenvalue weighted by Crippen LogP contribution is -2.44. The van der Waals surface area contributed by atoms with E-state index in [1.165, 1.54) is 16.4 Å². The zero-order valence-electron chi connectivity index (χ0n) is 17.5. The molecule has 1 aliphatic heterocycles. The molecule has 0 aliphatic carbocycles. The molecule has 4 rings (SSSR count). The van der Waals surface area contributed by atoms with Gasteiger partial charge in [-0.25, -0.2) is 13.4 Å². The molecule has 8 heteroatoms. The number of nitrogens with zero attached hydrogens (tertiary/aromatic N) is 3. The van der Waals surface area contributed by atoms with Gasteiger partial charge >= 0.3 is 0 Å². The number of benzene rings is 2. The van der Waals surface area contributed by atoms with Gasteiger partial charge in [0.1, 0.15) is 5.82 Å². The molecular formula is C24H24ClN3O3S. The second-order valence-corrected chi connectivity index (χ2v) is 10.1. The molecule has 1 aromatic heterocycles. The van der Waals surface area contributed by atoms with Crippen molar-refractivity contribution in [2.45, 2.75) is 24.3 Å². The van der Waals surface area contributed by atoms with E-state index in [-0.39, 0.29) is 16.7 Å². The van der Waals surface area contributed by atoms with Gasteiger partial charge in [-0.05, 0) is 54.8 Å². The third kappa shape index (κ3) is 5.01. The number of hydrogen-bond donors (Lipinski definition) is 0. The SMILES string of the molecule is O=C(C1CCN(S(=O)(=O)c2ccc(Cl)cc2)CC1)N(Cc1ccccc1)c1ccccn1. The standard InChI is InChI=1S/C24H24ClN3O3S/c25-21-9-11-22(12-10-21)32(30,31)27-16-13-20(14-17-27)24(29)28(23-8-4-5-15-26-23)18-19-6-2-1-3-7-19/h1-12,15,20H,13-14,16-18H2. The Hall–Kier alpha value is -2.74. The van der Waals surface area contributed by atoms with Crippen molar-refractivity contribution >= 4 is 33.3 Å². The number of halogens is 1. The summed E-state index contributed by atoms with van der Waals surface area (Å²) in [5, 5.41) is 0.487. The molecule has 0 saturated carbocycles.